The second kappa shape index (κ2) is 8.49. The molecule has 1 aromatic heterocycles. The Balaban J connectivity index is 1.35. The number of benzene rings is 3. The van der Waals surface area contributed by atoms with Crippen molar-refractivity contribution in [3.05, 3.63) is 77.9 Å². The number of aromatic nitrogens is 1. The fraction of sp³-hybridized carbons (Fsp3) is 0.167. The van der Waals surface area contributed by atoms with E-state index in [1.54, 1.807) is 18.2 Å². The Kier molecular flexibility index (Phi) is 5.51. The molecule has 0 spiro atoms. The number of ether oxygens (including phenoxy) is 1. The van der Waals surface area contributed by atoms with Gasteiger partial charge in [-0.2, -0.15) is 0 Å². The largest absolute Gasteiger partial charge is 0.457 e. The van der Waals surface area contributed by atoms with Crippen molar-refractivity contribution < 1.29 is 17.9 Å². The smallest absolute Gasteiger partial charge is 0.257 e. The van der Waals surface area contributed by atoms with Gasteiger partial charge in [0, 0.05) is 18.2 Å². The fourth-order valence-corrected chi connectivity index (χ4v) is 5.75. The highest BCUT2D eigenvalue weighted by molar-refractivity contribution is 7.92. The summed E-state index contributed by atoms with van der Waals surface area (Å²) in [6, 6.07) is 20.2. The third kappa shape index (κ3) is 4.55. The minimum Gasteiger partial charge on any atom is -0.457 e. The van der Waals surface area contributed by atoms with Crippen LogP contribution in [-0.4, -0.2) is 32.1 Å². The summed E-state index contributed by atoms with van der Waals surface area (Å²) < 4.78 is 32.3. The molecule has 0 fully saturated rings. The van der Waals surface area contributed by atoms with Gasteiger partial charge in [0.25, 0.3) is 5.91 Å². The second-order valence-electron chi connectivity index (χ2n) is 7.80. The summed E-state index contributed by atoms with van der Waals surface area (Å²) in [4.78, 5) is 17.4. The monoisotopic (exact) mass is 479 g/mol. The summed E-state index contributed by atoms with van der Waals surface area (Å²) in [5.41, 5.74) is 2.74. The molecule has 9 heteroatoms. The lowest BCUT2D eigenvalue weighted by molar-refractivity contribution is 0.102. The average molecular weight is 480 g/mol. The van der Waals surface area contributed by atoms with Crippen LogP contribution in [0.5, 0.6) is 11.5 Å². The van der Waals surface area contributed by atoms with Crippen LogP contribution in [0.2, 0.25) is 0 Å². The lowest BCUT2D eigenvalue weighted by Crippen LogP contribution is -2.34. The van der Waals surface area contributed by atoms with Gasteiger partial charge in [0.05, 0.1) is 22.2 Å². The molecule has 1 aliphatic heterocycles. The topological polar surface area (TPSA) is 88.6 Å². The van der Waals surface area contributed by atoms with Gasteiger partial charge in [-0.3, -0.25) is 14.4 Å². The lowest BCUT2D eigenvalue weighted by Gasteiger charge is -2.29. The fourth-order valence-electron chi connectivity index (χ4n) is 3.86. The van der Waals surface area contributed by atoms with Crippen molar-refractivity contribution in [3.63, 3.8) is 0 Å². The molecule has 0 aliphatic carbocycles. The molecule has 7 nitrogen and oxygen atoms in total. The molecule has 0 bridgehead atoms. The van der Waals surface area contributed by atoms with Crippen molar-refractivity contribution in [2.75, 3.05) is 22.4 Å². The summed E-state index contributed by atoms with van der Waals surface area (Å²) in [5.74, 6) is 1.16. The third-order valence-electron chi connectivity index (χ3n) is 5.38. The molecule has 1 N–H and O–H groups in total. The number of nitrogens with one attached hydrogen (secondary N) is 1. The van der Waals surface area contributed by atoms with Crippen LogP contribution >= 0.6 is 11.3 Å². The lowest BCUT2D eigenvalue weighted by atomic mass is 10.0. The van der Waals surface area contributed by atoms with Crippen molar-refractivity contribution in [2.45, 2.75) is 12.8 Å². The van der Waals surface area contributed by atoms with Crippen LogP contribution in [0, 0.1) is 0 Å². The summed E-state index contributed by atoms with van der Waals surface area (Å²) in [7, 11) is -3.35. The van der Waals surface area contributed by atoms with Crippen LogP contribution in [0.25, 0.3) is 10.2 Å². The first-order valence-electron chi connectivity index (χ1n) is 10.4. The molecule has 5 rings (SSSR count). The Morgan fingerprint density at radius 1 is 1.06 bits per heavy atom. The van der Waals surface area contributed by atoms with E-state index in [0.717, 1.165) is 34.4 Å². The van der Waals surface area contributed by atoms with Crippen LogP contribution in [0.15, 0.2) is 66.7 Å². The Morgan fingerprint density at radius 3 is 2.67 bits per heavy atom. The molecule has 1 amide bonds. The molecular weight excluding hydrogens is 458 g/mol. The van der Waals surface area contributed by atoms with Gasteiger partial charge in [-0.15, -0.1) is 0 Å². The highest BCUT2D eigenvalue weighted by atomic mass is 32.2. The maximum absolute atomic E-state index is 12.9. The molecule has 4 aromatic rings. The van der Waals surface area contributed by atoms with E-state index in [1.807, 2.05) is 48.5 Å². The minimum atomic E-state index is -3.35. The van der Waals surface area contributed by atoms with Gasteiger partial charge in [0.2, 0.25) is 10.0 Å². The number of hydrogen-bond acceptors (Lipinski definition) is 6. The first-order chi connectivity index (χ1) is 15.9. The van der Waals surface area contributed by atoms with Gasteiger partial charge in [0.15, 0.2) is 5.13 Å². The quantitative estimate of drug-likeness (QED) is 0.433. The van der Waals surface area contributed by atoms with Gasteiger partial charge in [-0.1, -0.05) is 29.5 Å². The van der Waals surface area contributed by atoms with Crippen molar-refractivity contribution >= 4 is 48.3 Å². The van der Waals surface area contributed by atoms with Crippen molar-refractivity contribution in [1.29, 1.82) is 0 Å². The predicted molar refractivity (Wildman–Crippen MR) is 131 cm³/mol. The number of aryl methyl sites for hydroxylation is 1. The molecule has 1 aliphatic rings. The number of para-hydroxylation sites is 1. The van der Waals surface area contributed by atoms with E-state index in [1.165, 1.54) is 21.9 Å². The number of anilines is 2. The molecule has 33 heavy (non-hydrogen) atoms. The number of hydrogen-bond donors (Lipinski definition) is 1. The van der Waals surface area contributed by atoms with E-state index in [4.69, 9.17) is 4.74 Å². The molecular formula is C24H21N3O4S2. The number of sulfonamides is 1. The first kappa shape index (κ1) is 21.4. The second-order valence-corrected chi connectivity index (χ2v) is 10.7. The SMILES string of the molecule is CS(=O)(=O)N1CCCc2cc(C(=O)Nc3nc4ccc(Oc5ccccc5)cc4s3)ccc21. The van der Waals surface area contributed by atoms with Crippen LogP contribution < -0.4 is 14.4 Å². The molecule has 0 saturated carbocycles. The zero-order valence-electron chi connectivity index (χ0n) is 17.8. The molecule has 3 aromatic carbocycles. The Hall–Kier alpha value is -3.43. The Morgan fingerprint density at radius 2 is 1.88 bits per heavy atom. The van der Waals surface area contributed by atoms with Crippen LogP contribution in [0.3, 0.4) is 0 Å². The summed E-state index contributed by atoms with van der Waals surface area (Å²) in [6.45, 7) is 0.457. The molecule has 0 atom stereocenters. The number of fused-ring (bicyclic) bond motifs is 2. The molecule has 0 saturated heterocycles. The predicted octanol–water partition coefficient (Wildman–Crippen LogP) is 5.05. The Labute approximate surface area is 195 Å². The maximum atomic E-state index is 12.9. The number of thiazole rings is 1. The number of carbonyl (C=O) groups excluding carboxylic acids is 1. The van der Waals surface area contributed by atoms with Crippen LogP contribution in [0.4, 0.5) is 10.8 Å². The van der Waals surface area contributed by atoms with Gasteiger partial charge in [-0.25, -0.2) is 13.4 Å². The van der Waals surface area contributed by atoms with Gasteiger partial charge >= 0.3 is 0 Å². The molecule has 0 radical (unpaired) electrons. The number of nitrogens with zero attached hydrogens (tertiary/aromatic N) is 2. The first-order valence-corrected chi connectivity index (χ1v) is 13.1. The standard InChI is InChI=1S/C24H21N3O4S2/c1-33(29,30)27-13-5-6-16-14-17(9-12-21(16)27)23(28)26-24-25-20-11-10-19(15-22(20)32-24)31-18-7-3-2-4-8-18/h2-4,7-12,14-15H,5-6,13H2,1H3,(H,25,26,28). The minimum absolute atomic E-state index is 0.283. The average Bonchev–Trinajstić information content (AvgIpc) is 3.19. The van der Waals surface area contributed by atoms with E-state index in [-0.39, 0.29) is 5.91 Å². The van der Waals surface area contributed by atoms with Gasteiger partial charge < -0.3 is 4.74 Å². The molecule has 168 valence electrons. The van der Waals surface area contributed by atoms with Crippen molar-refractivity contribution in [2.24, 2.45) is 0 Å². The molecule has 2 heterocycles. The van der Waals surface area contributed by atoms with Crippen LogP contribution in [-0.2, 0) is 16.4 Å². The molecule has 0 unspecified atom stereocenters. The van der Waals surface area contributed by atoms with Gasteiger partial charge in [0.1, 0.15) is 11.5 Å². The number of carbonyl (C=O) groups is 1. The van der Waals surface area contributed by atoms with E-state index in [2.05, 4.69) is 10.3 Å². The van der Waals surface area contributed by atoms with Gasteiger partial charge in [-0.05, 0) is 60.9 Å². The number of rotatable bonds is 5. The van der Waals surface area contributed by atoms with E-state index in [9.17, 15) is 13.2 Å². The van der Waals surface area contributed by atoms with E-state index in [0.29, 0.717) is 28.7 Å². The zero-order chi connectivity index (χ0) is 23.0. The number of amides is 1. The maximum Gasteiger partial charge on any atom is 0.257 e. The van der Waals surface area contributed by atoms with E-state index >= 15 is 0 Å². The van der Waals surface area contributed by atoms with E-state index < -0.39 is 10.0 Å². The highest BCUT2D eigenvalue weighted by Crippen LogP contribution is 2.33. The van der Waals surface area contributed by atoms with Crippen LogP contribution in [0.1, 0.15) is 22.3 Å². The van der Waals surface area contributed by atoms with Crippen molar-refractivity contribution in [1.82, 2.24) is 4.98 Å². The summed E-state index contributed by atoms with van der Waals surface area (Å²) in [5, 5.41) is 3.35. The third-order valence-corrected chi connectivity index (χ3v) is 7.49. The Bertz CT molecular complexity index is 1450. The zero-order valence-corrected chi connectivity index (χ0v) is 19.4. The normalized spacial score (nSPS) is 13.5. The van der Waals surface area contributed by atoms with Crippen molar-refractivity contribution in [3.8, 4) is 11.5 Å². The highest BCUT2D eigenvalue weighted by Gasteiger charge is 2.25. The summed E-state index contributed by atoms with van der Waals surface area (Å²) in [6.07, 6.45) is 2.65. The summed E-state index contributed by atoms with van der Waals surface area (Å²) >= 11 is 1.37.